The van der Waals surface area contributed by atoms with Gasteiger partial charge in [0.1, 0.15) is 25.9 Å². The van der Waals surface area contributed by atoms with Crippen LogP contribution >= 0.6 is 0 Å². The van der Waals surface area contributed by atoms with Crippen molar-refractivity contribution in [1.82, 2.24) is 24.6 Å². The van der Waals surface area contributed by atoms with E-state index < -0.39 is 6.09 Å². The number of hydrogen-bond donors (Lipinski definition) is 1. The zero-order valence-corrected chi connectivity index (χ0v) is 9.80. The summed E-state index contributed by atoms with van der Waals surface area (Å²) < 4.78 is 7.16. The lowest BCUT2D eigenvalue weighted by atomic mass is 10.8. The maximum Gasteiger partial charge on any atom is 0.431 e. The molecule has 0 unspecified atom stereocenters. The summed E-state index contributed by atoms with van der Waals surface area (Å²) in [5.41, 5.74) is 2.02. The predicted octanol–water partition coefficient (Wildman–Crippen LogP) is 0.254. The minimum absolute atomic E-state index is 0.190. The Morgan fingerprint density at radius 1 is 1.16 bits per heavy atom. The molecule has 1 fully saturated rings. The van der Waals surface area contributed by atoms with Crippen LogP contribution in [0.25, 0.3) is 0 Å². The van der Waals surface area contributed by atoms with E-state index in [-0.39, 0.29) is 6.03 Å². The summed E-state index contributed by atoms with van der Waals surface area (Å²) in [7, 11) is 0. The SMILES string of the molecule is O=C(n1ccnc1)n1ccnc1.O=C1NOCCO1. The normalized spacial score (nSPS) is 13.8. The van der Waals surface area contributed by atoms with Gasteiger partial charge in [0.2, 0.25) is 0 Å². The predicted molar refractivity (Wildman–Crippen MR) is 61.1 cm³/mol. The first-order valence-electron chi connectivity index (χ1n) is 5.32. The van der Waals surface area contributed by atoms with E-state index in [0.717, 1.165) is 0 Å². The molecule has 3 heterocycles. The molecule has 0 radical (unpaired) electrons. The van der Waals surface area contributed by atoms with Crippen molar-refractivity contribution in [3.8, 4) is 0 Å². The molecule has 0 bridgehead atoms. The zero-order chi connectivity index (χ0) is 13.5. The molecule has 2 aromatic rings. The highest BCUT2D eigenvalue weighted by molar-refractivity contribution is 5.78. The van der Waals surface area contributed by atoms with Crippen LogP contribution in [0.5, 0.6) is 0 Å². The highest BCUT2D eigenvalue weighted by Gasteiger charge is 2.05. The molecule has 3 rings (SSSR count). The Morgan fingerprint density at radius 2 is 1.79 bits per heavy atom. The van der Waals surface area contributed by atoms with Crippen LogP contribution in [-0.4, -0.2) is 44.4 Å². The van der Waals surface area contributed by atoms with Gasteiger partial charge in [-0.2, -0.15) is 5.48 Å². The number of carbonyl (C=O) groups excluding carboxylic acids is 2. The van der Waals surface area contributed by atoms with Gasteiger partial charge in [-0.3, -0.25) is 14.0 Å². The Morgan fingerprint density at radius 3 is 2.11 bits per heavy atom. The number of nitrogens with one attached hydrogen (secondary N) is 1. The first-order valence-corrected chi connectivity index (χ1v) is 5.32. The molecule has 9 heteroatoms. The number of ether oxygens (including phenoxy) is 1. The number of aromatic nitrogens is 4. The summed E-state index contributed by atoms with van der Waals surface area (Å²) in [6, 6.07) is -0.190. The Labute approximate surface area is 107 Å². The molecule has 1 amide bonds. The Hall–Kier alpha value is -2.68. The van der Waals surface area contributed by atoms with E-state index in [4.69, 9.17) is 0 Å². The number of cyclic esters (lactones) is 1. The second-order valence-corrected chi connectivity index (χ2v) is 3.31. The van der Waals surface area contributed by atoms with Crippen LogP contribution in [0.3, 0.4) is 0 Å². The molecule has 1 aliphatic heterocycles. The number of hydroxylamine groups is 1. The van der Waals surface area contributed by atoms with Gasteiger partial charge in [0.05, 0.1) is 0 Å². The molecule has 0 spiro atoms. The van der Waals surface area contributed by atoms with Gasteiger partial charge in [-0.1, -0.05) is 0 Å². The van der Waals surface area contributed by atoms with E-state index in [2.05, 4.69) is 19.5 Å². The first kappa shape index (κ1) is 12.8. The second-order valence-electron chi connectivity index (χ2n) is 3.31. The molecule has 9 nitrogen and oxygen atoms in total. The van der Waals surface area contributed by atoms with E-state index in [0.29, 0.717) is 13.2 Å². The van der Waals surface area contributed by atoms with E-state index in [9.17, 15) is 9.59 Å². The third kappa shape index (κ3) is 3.64. The third-order valence-electron chi connectivity index (χ3n) is 2.02. The Bertz CT molecular complexity index is 478. The fraction of sp³-hybridized carbons (Fsp3) is 0.200. The summed E-state index contributed by atoms with van der Waals surface area (Å²) in [6.45, 7) is 0.789. The van der Waals surface area contributed by atoms with Crippen LogP contribution in [0.1, 0.15) is 0 Å². The number of imidazole rings is 2. The minimum atomic E-state index is -0.508. The lowest BCUT2D eigenvalue weighted by Crippen LogP contribution is -2.32. The van der Waals surface area contributed by atoms with Crippen molar-refractivity contribution >= 4 is 12.1 Å². The molecule has 19 heavy (non-hydrogen) atoms. The minimum Gasteiger partial charge on any atom is -0.445 e. The number of carbonyl (C=O) groups is 2. The highest BCUT2D eigenvalue weighted by atomic mass is 16.7. The van der Waals surface area contributed by atoms with Crippen LogP contribution in [0.15, 0.2) is 37.4 Å². The number of rotatable bonds is 0. The highest BCUT2D eigenvalue weighted by Crippen LogP contribution is 1.92. The Balaban J connectivity index is 0.000000163. The van der Waals surface area contributed by atoms with Crippen molar-refractivity contribution in [2.75, 3.05) is 13.2 Å². The van der Waals surface area contributed by atoms with Crippen molar-refractivity contribution < 1.29 is 19.2 Å². The maximum absolute atomic E-state index is 11.4. The van der Waals surface area contributed by atoms with Gasteiger partial charge in [-0.25, -0.2) is 19.6 Å². The quantitative estimate of drug-likeness (QED) is 0.733. The van der Waals surface area contributed by atoms with E-state index in [1.54, 1.807) is 24.8 Å². The third-order valence-corrected chi connectivity index (χ3v) is 2.02. The molecule has 100 valence electrons. The second kappa shape index (κ2) is 6.31. The lowest BCUT2D eigenvalue weighted by Gasteiger charge is -2.10. The maximum atomic E-state index is 11.4. The smallest absolute Gasteiger partial charge is 0.431 e. The molecular weight excluding hydrogens is 254 g/mol. The molecule has 1 N–H and O–H groups in total. The first-order chi connectivity index (χ1) is 9.27. The molecule has 2 aromatic heterocycles. The van der Waals surface area contributed by atoms with Gasteiger partial charge in [-0.05, 0) is 0 Å². The van der Waals surface area contributed by atoms with Crippen molar-refractivity contribution in [1.29, 1.82) is 0 Å². The molecule has 0 saturated carbocycles. The van der Waals surface area contributed by atoms with Gasteiger partial charge in [0, 0.05) is 24.8 Å². The number of amides is 1. The van der Waals surface area contributed by atoms with Gasteiger partial charge in [0.25, 0.3) is 0 Å². The summed E-state index contributed by atoms with van der Waals surface area (Å²) >= 11 is 0. The molecule has 1 aliphatic rings. The van der Waals surface area contributed by atoms with Gasteiger partial charge >= 0.3 is 12.1 Å². The molecule has 0 aromatic carbocycles. The van der Waals surface area contributed by atoms with E-state index in [1.807, 2.05) is 5.48 Å². The van der Waals surface area contributed by atoms with Crippen molar-refractivity contribution in [3.05, 3.63) is 37.4 Å². The van der Waals surface area contributed by atoms with Crippen molar-refractivity contribution in [3.63, 3.8) is 0 Å². The van der Waals surface area contributed by atoms with E-state index >= 15 is 0 Å². The number of hydrogen-bond acceptors (Lipinski definition) is 6. The average Bonchev–Trinajstić information content (AvgIpc) is 3.13. The number of nitrogens with zero attached hydrogens (tertiary/aromatic N) is 4. The monoisotopic (exact) mass is 265 g/mol. The van der Waals surface area contributed by atoms with Crippen LogP contribution in [0.2, 0.25) is 0 Å². The van der Waals surface area contributed by atoms with Crippen LogP contribution in [-0.2, 0) is 9.57 Å². The van der Waals surface area contributed by atoms with Crippen LogP contribution in [0.4, 0.5) is 9.59 Å². The fourth-order valence-electron chi connectivity index (χ4n) is 1.19. The summed E-state index contributed by atoms with van der Waals surface area (Å²) in [5.74, 6) is 0. The Kier molecular flexibility index (Phi) is 4.24. The zero-order valence-electron chi connectivity index (χ0n) is 9.80. The topological polar surface area (TPSA) is 100 Å². The van der Waals surface area contributed by atoms with Gasteiger partial charge < -0.3 is 4.74 Å². The van der Waals surface area contributed by atoms with Crippen LogP contribution < -0.4 is 5.48 Å². The largest absolute Gasteiger partial charge is 0.445 e. The lowest BCUT2D eigenvalue weighted by molar-refractivity contribution is -0.0320. The van der Waals surface area contributed by atoms with Crippen molar-refractivity contribution in [2.24, 2.45) is 0 Å². The fourth-order valence-corrected chi connectivity index (χ4v) is 1.19. The summed E-state index contributed by atoms with van der Waals surface area (Å²) in [4.78, 5) is 33.4. The molecule has 0 atom stereocenters. The summed E-state index contributed by atoms with van der Waals surface area (Å²) in [5, 5.41) is 0. The standard InChI is InChI=1S/C7H6N4O.C3H5NO3/c12-7(10-3-1-8-5-10)11-4-2-9-6-11;5-3-4-7-2-1-6-3/h1-6H;1-2H2,(H,4,5). The van der Waals surface area contributed by atoms with Crippen molar-refractivity contribution in [2.45, 2.75) is 0 Å². The molecule has 1 saturated heterocycles. The van der Waals surface area contributed by atoms with Gasteiger partial charge in [0.15, 0.2) is 0 Å². The van der Waals surface area contributed by atoms with Crippen LogP contribution in [0, 0.1) is 0 Å². The molecule has 0 aliphatic carbocycles. The molecular formula is C10H11N5O4. The summed E-state index contributed by atoms with van der Waals surface area (Å²) in [6.07, 6.45) is 8.66. The van der Waals surface area contributed by atoms with E-state index in [1.165, 1.54) is 21.8 Å². The average molecular weight is 265 g/mol. The van der Waals surface area contributed by atoms with Gasteiger partial charge in [-0.15, -0.1) is 0 Å².